The van der Waals surface area contributed by atoms with Crippen LogP contribution < -0.4 is 5.32 Å². The largest absolute Gasteiger partial charge is 0.395 e. The highest BCUT2D eigenvalue weighted by Gasteiger charge is 2.25. The smallest absolute Gasteiger partial charge is 0.0594 e. The van der Waals surface area contributed by atoms with Gasteiger partial charge in [-0.3, -0.25) is 4.90 Å². The van der Waals surface area contributed by atoms with E-state index >= 15 is 0 Å². The molecule has 2 saturated heterocycles. The van der Waals surface area contributed by atoms with E-state index in [9.17, 15) is 5.11 Å². The average molecular weight is 216 g/mol. The molecule has 2 N–H and O–H groups in total. The molecule has 82 valence electrons. The van der Waals surface area contributed by atoms with Crippen molar-refractivity contribution in [3.05, 3.63) is 0 Å². The minimum absolute atomic E-state index is 0.319. The van der Waals surface area contributed by atoms with E-state index in [1.54, 1.807) is 0 Å². The van der Waals surface area contributed by atoms with Crippen molar-refractivity contribution in [3.8, 4) is 0 Å². The van der Waals surface area contributed by atoms with Crippen molar-refractivity contribution in [1.82, 2.24) is 10.2 Å². The Morgan fingerprint density at radius 3 is 3.14 bits per heavy atom. The number of aliphatic hydroxyl groups is 1. The van der Waals surface area contributed by atoms with Crippen LogP contribution in [0.2, 0.25) is 0 Å². The molecule has 14 heavy (non-hydrogen) atoms. The summed E-state index contributed by atoms with van der Waals surface area (Å²) >= 11 is 1.97. The lowest BCUT2D eigenvalue weighted by atomic mass is 10.2. The lowest BCUT2D eigenvalue weighted by Gasteiger charge is -2.35. The van der Waals surface area contributed by atoms with Gasteiger partial charge in [0.25, 0.3) is 0 Å². The Morgan fingerprint density at radius 2 is 2.43 bits per heavy atom. The molecule has 4 heteroatoms. The van der Waals surface area contributed by atoms with Crippen molar-refractivity contribution in [3.63, 3.8) is 0 Å². The Morgan fingerprint density at radius 1 is 1.50 bits per heavy atom. The van der Waals surface area contributed by atoms with Gasteiger partial charge in [0.15, 0.2) is 0 Å². The van der Waals surface area contributed by atoms with Crippen LogP contribution in [0.5, 0.6) is 0 Å². The van der Waals surface area contributed by atoms with Gasteiger partial charge in [-0.1, -0.05) is 0 Å². The summed E-state index contributed by atoms with van der Waals surface area (Å²) < 4.78 is 0. The predicted molar refractivity (Wildman–Crippen MR) is 60.8 cm³/mol. The minimum atomic E-state index is 0.319. The summed E-state index contributed by atoms with van der Waals surface area (Å²) in [7, 11) is 0. The molecule has 0 amide bonds. The molecule has 0 aromatic heterocycles. The van der Waals surface area contributed by atoms with Gasteiger partial charge in [-0.15, -0.1) is 0 Å². The zero-order valence-corrected chi connectivity index (χ0v) is 9.43. The molecule has 0 radical (unpaired) electrons. The monoisotopic (exact) mass is 216 g/mol. The fourth-order valence-electron chi connectivity index (χ4n) is 2.29. The van der Waals surface area contributed by atoms with Crippen LogP contribution in [-0.4, -0.2) is 59.8 Å². The molecule has 0 aliphatic carbocycles. The van der Waals surface area contributed by atoms with E-state index in [0.29, 0.717) is 18.7 Å². The molecule has 2 heterocycles. The first-order valence-corrected chi connectivity index (χ1v) is 6.71. The van der Waals surface area contributed by atoms with Crippen LogP contribution in [0.25, 0.3) is 0 Å². The lowest BCUT2D eigenvalue weighted by molar-refractivity contribution is 0.131. The standard InChI is InChI=1S/C10H20N2OS/c13-7-10-8-14-5-4-12(10)6-9-2-1-3-11-9/h9-11,13H,1-8H2. The van der Waals surface area contributed by atoms with Crippen LogP contribution in [0.4, 0.5) is 0 Å². The van der Waals surface area contributed by atoms with E-state index < -0.39 is 0 Å². The summed E-state index contributed by atoms with van der Waals surface area (Å²) in [6.07, 6.45) is 2.62. The van der Waals surface area contributed by atoms with E-state index in [1.165, 1.54) is 25.1 Å². The molecule has 0 aromatic rings. The van der Waals surface area contributed by atoms with Crippen LogP contribution in [-0.2, 0) is 0 Å². The first kappa shape index (κ1) is 10.7. The molecule has 2 fully saturated rings. The molecule has 2 unspecified atom stereocenters. The molecular weight excluding hydrogens is 196 g/mol. The van der Waals surface area contributed by atoms with Crippen molar-refractivity contribution >= 4 is 11.8 Å². The maximum absolute atomic E-state index is 9.26. The van der Waals surface area contributed by atoms with E-state index in [4.69, 9.17) is 0 Å². The summed E-state index contributed by atoms with van der Waals surface area (Å²) in [6, 6.07) is 1.07. The first-order valence-electron chi connectivity index (χ1n) is 5.56. The van der Waals surface area contributed by atoms with Gasteiger partial charge in [0, 0.05) is 36.7 Å². The molecule has 3 nitrogen and oxygen atoms in total. The highest BCUT2D eigenvalue weighted by Crippen LogP contribution is 2.18. The number of hydrogen-bond donors (Lipinski definition) is 2. The lowest BCUT2D eigenvalue weighted by Crippen LogP contribution is -2.49. The van der Waals surface area contributed by atoms with Crippen molar-refractivity contribution in [1.29, 1.82) is 0 Å². The number of rotatable bonds is 3. The van der Waals surface area contributed by atoms with Crippen LogP contribution in [0.1, 0.15) is 12.8 Å². The maximum atomic E-state index is 9.26. The minimum Gasteiger partial charge on any atom is -0.395 e. The third-order valence-electron chi connectivity index (χ3n) is 3.18. The zero-order chi connectivity index (χ0) is 9.80. The van der Waals surface area contributed by atoms with Crippen LogP contribution in [0.15, 0.2) is 0 Å². The molecule has 0 bridgehead atoms. The van der Waals surface area contributed by atoms with Crippen LogP contribution in [0.3, 0.4) is 0 Å². The Balaban J connectivity index is 1.81. The number of nitrogens with one attached hydrogen (secondary N) is 1. The fourth-order valence-corrected chi connectivity index (χ4v) is 3.41. The molecule has 2 rings (SSSR count). The Kier molecular flexibility index (Phi) is 4.10. The fraction of sp³-hybridized carbons (Fsp3) is 1.00. The molecule has 2 aliphatic heterocycles. The number of thioether (sulfide) groups is 1. The van der Waals surface area contributed by atoms with E-state index in [0.717, 1.165) is 18.8 Å². The van der Waals surface area contributed by atoms with Gasteiger partial charge < -0.3 is 10.4 Å². The van der Waals surface area contributed by atoms with Crippen molar-refractivity contribution in [2.45, 2.75) is 24.9 Å². The molecule has 0 saturated carbocycles. The van der Waals surface area contributed by atoms with Gasteiger partial charge in [-0.05, 0) is 19.4 Å². The highest BCUT2D eigenvalue weighted by atomic mass is 32.2. The van der Waals surface area contributed by atoms with E-state index in [-0.39, 0.29) is 0 Å². The van der Waals surface area contributed by atoms with Crippen molar-refractivity contribution in [2.24, 2.45) is 0 Å². The second-order valence-corrected chi connectivity index (χ2v) is 5.35. The maximum Gasteiger partial charge on any atom is 0.0594 e. The summed E-state index contributed by atoms with van der Waals surface area (Å²) in [5.74, 6) is 2.33. The Hall–Kier alpha value is 0.230. The Bertz CT molecular complexity index is 174. The van der Waals surface area contributed by atoms with Gasteiger partial charge in [-0.25, -0.2) is 0 Å². The van der Waals surface area contributed by atoms with Gasteiger partial charge >= 0.3 is 0 Å². The van der Waals surface area contributed by atoms with Crippen LogP contribution >= 0.6 is 11.8 Å². The summed E-state index contributed by atoms with van der Waals surface area (Å²) in [4.78, 5) is 2.46. The van der Waals surface area contributed by atoms with E-state index in [1.807, 2.05) is 11.8 Å². The SMILES string of the molecule is OCC1CSCCN1CC1CCCN1. The van der Waals surface area contributed by atoms with Gasteiger partial charge in [0.1, 0.15) is 0 Å². The summed E-state index contributed by atoms with van der Waals surface area (Å²) in [5.41, 5.74) is 0. The van der Waals surface area contributed by atoms with Gasteiger partial charge in [0.2, 0.25) is 0 Å². The van der Waals surface area contributed by atoms with Crippen LogP contribution in [0, 0.1) is 0 Å². The molecular formula is C10H20N2OS. The molecule has 2 aliphatic rings. The highest BCUT2D eigenvalue weighted by molar-refractivity contribution is 7.99. The van der Waals surface area contributed by atoms with Crippen molar-refractivity contribution in [2.75, 3.05) is 37.7 Å². The normalized spacial score (nSPS) is 34.9. The Labute approximate surface area is 90.2 Å². The third kappa shape index (κ3) is 2.63. The number of nitrogens with zero attached hydrogens (tertiary/aromatic N) is 1. The summed E-state index contributed by atoms with van der Waals surface area (Å²) in [5, 5.41) is 12.8. The van der Waals surface area contributed by atoms with Gasteiger partial charge in [0.05, 0.1) is 6.61 Å². The summed E-state index contributed by atoms with van der Waals surface area (Å²) in [6.45, 7) is 3.77. The molecule has 0 aromatic carbocycles. The molecule has 2 atom stereocenters. The molecule has 0 spiro atoms. The quantitative estimate of drug-likeness (QED) is 0.704. The van der Waals surface area contributed by atoms with Gasteiger partial charge in [-0.2, -0.15) is 11.8 Å². The number of aliphatic hydroxyl groups excluding tert-OH is 1. The zero-order valence-electron chi connectivity index (χ0n) is 8.61. The second kappa shape index (κ2) is 5.35. The first-order chi connectivity index (χ1) is 6.90. The average Bonchev–Trinajstić information content (AvgIpc) is 2.71. The number of hydrogen-bond acceptors (Lipinski definition) is 4. The van der Waals surface area contributed by atoms with E-state index in [2.05, 4.69) is 10.2 Å². The van der Waals surface area contributed by atoms with Crippen molar-refractivity contribution < 1.29 is 5.11 Å². The second-order valence-electron chi connectivity index (χ2n) is 4.20. The third-order valence-corrected chi connectivity index (χ3v) is 4.27. The topological polar surface area (TPSA) is 35.5 Å². The predicted octanol–water partition coefficient (Wildman–Crippen LogP) is 0.148.